The van der Waals surface area contributed by atoms with E-state index in [1.165, 1.54) is 0 Å². The fourth-order valence-corrected chi connectivity index (χ4v) is 2.52. The number of hydrogen-bond donors (Lipinski definition) is 1. The predicted octanol–water partition coefficient (Wildman–Crippen LogP) is 1.46. The maximum atomic E-state index is 12.3. The number of rotatable bonds is 2. The van der Waals surface area contributed by atoms with Crippen LogP contribution in [-0.2, 0) is 11.3 Å². The van der Waals surface area contributed by atoms with E-state index < -0.39 is 0 Å². The van der Waals surface area contributed by atoms with E-state index >= 15 is 0 Å². The molecule has 0 aromatic carbocycles. The minimum atomic E-state index is 0.0274. The van der Waals surface area contributed by atoms with Crippen molar-refractivity contribution in [3.63, 3.8) is 0 Å². The molecule has 1 fully saturated rings. The van der Waals surface area contributed by atoms with Gasteiger partial charge in [0.1, 0.15) is 11.3 Å². The Hall–Kier alpha value is -1.62. The normalized spacial score (nSPS) is 17.4. The number of aryl methyl sites for hydroxylation is 1. The molecule has 0 atom stereocenters. The molecule has 5 nitrogen and oxygen atoms in total. The van der Waals surface area contributed by atoms with Crippen LogP contribution in [0.15, 0.2) is 17.1 Å². The molecule has 96 valence electrons. The van der Waals surface area contributed by atoms with Crippen molar-refractivity contribution in [1.82, 2.24) is 14.5 Å². The van der Waals surface area contributed by atoms with Gasteiger partial charge in [-0.25, -0.2) is 4.98 Å². The van der Waals surface area contributed by atoms with E-state index in [2.05, 4.69) is 9.97 Å². The molecule has 1 N–H and O–H groups in total. The van der Waals surface area contributed by atoms with Crippen LogP contribution < -0.4 is 5.56 Å². The fraction of sp³-hybridized carbons (Fsp3) is 0.538. The van der Waals surface area contributed by atoms with Crippen LogP contribution in [0.5, 0.6) is 0 Å². The Morgan fingerprint density at radius 1 is 1.50 bits per heavy atom. The van der Waals surface area contributed by atoms with E-state index in [-0.39, 0.29) is 5.56 Å². The molecule has 0 amide bonds. The summed E-state index contributed by atoms with van der Waals surface area (Å²) < 4.78 is 7.13. The standard InChI is InChI=1S/C13H17N3O2/c1-9-14-11-2-5-16(13(17)12(11)15-9)8-10-3-6-18-7-4-10/h2,5,10H,3-4,6-8H2,1H3,(H,14,15). The van der Waals surface area contributed by atoms with Crippen LogP contribution in [0.2, 0.25) is 0 Å². The number of ether oxygens (including phenoxy) is 1. The zero-order chi connectivity index (χ0) is 12.5. The molecule has 3 rings (SSSR count). The van der Waals surface area contributed by atoms with Crippen LogP contribution in [0.25, 0.3) is 11.0 Å². The van der Waals surface area contributed by atoms with Crippen molar-refractivity contribution in [2.75, 3.05) is 13.2 Å². The smallest absolute Gasteiger partial charge is 0.276 e. The van der Waals surface area contributed by atoms with Crippen LogP contribution in [0.1, 0.15) is 18.7 Å². The van der Waals surface area contributed by atoms with Crippen LogP contribution in [0.3, 0.4) is 0 Å². The van der Waals surface area contributed by atoms with Gasteiger partial charge in [0, 0.05) is 26.0 Å². The molecule has 0 spiro atoms. The Labute approximate surface area is 105 Å². The van der Waals surface area contributed by atoms with Gasteiger partial charge in [0.2, 0.25) is 0 Å². The number of aromatic amines is 1. The molecule has 0 bridgehead atoms. The number of pyridine rings is 1. The van der Waals surface area contributed by atoms with Crippen molar-refractivity contribution in [2.24, 2.45) is 5.92 Å². The first kappa shape index (κ1) is 11.5. The molecule has 18 heavy (non-hydrogen) atoms. The fourth-order valence-electron chi connectivity index (χ4n) is 2.52. The van der Waals surface area contributed by atoms with Crippen molar-refractivity contribution in [3.8, 4) is 0 Å². The van der Waals surface area contributed by atoms with E-state index in [4.69, 9.17) is 4.74 Å². The molecule has 2 aromatic rings. The SMILES string of the molecule is Cc1nc2ccn(CC3CCOCC3)c(=O)c2[nH]1. The summed E-state index contributed by atoms with van der Waals surface area (Å²) in [7, 11) is 0. The maximum Gasteiger partial charge on any atom is 0.276 e. The van der Waals surface area contributed by atoms with Crippen molar-refractivity contribution in [2.45, 2.75) is 26.3 Å². The molecular weight excluding hydrogens is 230 g/mol. The van der Waals surface area contributed by atoms with E-state index in [1.807, 2.05) is 19.2 Å². The lowest BCUT2D eigenvalue weighted by Crippen LogP contribution is -2.27. The summed E-state index contributed by atoms with van der Waals surface area (Å²) in [6.07, 6.45) is 3.92. The van der Waals surface area contributed by atoms with Crippen molar-refractivity contribution < 1.29 is 4.74 Å². The van der Waals surface area contributed by atoms with E-state index in [0.717, 1.165) is 43.9 Å². The quantitative estimate of drug-likeness (QED) is 0.874. The first-order valence-corrected chi connectivity index (χ1v) is 6.37. The third-order valence-electron chi connectivity index (χ3n) is 3.53. The van der Waals surface area contributed by atoms with Gasteiger partial charge >= 0.3 is 0 Å². The molecule has 5 heteroatoms. The lowest BCUT2D eigenvalue weighted by Gasteiger charge is -2.22. The molecular formula is C13H17N3O2. The number of fused-ring (bicyclic) bond motifs is 1. The van der Waals surface area contributed by atoms with Crippen molar-refractivity contribution in [1.29, 1.82) is 0 Å². The van der Waals surface area contributed by atoms with Gasteiger partial charge in [0.25, 0.3) is 5.56 Å². The van der Waals surface area contributed by atoms with Gasteiger partial charge in [-0.3, -0.25) is 4.79 Å². The lowest BCUT2D eigenvalue weighted by atomic mass is 10.0. The third-order valence-corrected chi connectivity index (χ3v) is 3.53. The molecule has 0 unspecified atom stereocenters. The van der Waals surface area contributed by atoms with Crippen LogP contribution in [0.4, 0.5) is 0 Å². The minimum Gasteiger partial charge on any atom is -0.381 e. The third kappa shape index (κ3) is 2.06. The summed E-state index contributed by atoms with van der Waals surface area (Å²) in [5.41, 5.74) is 1.39. The predicted molar refractivity (Wildman–Crippen MR) is 68.6 cm³/mol. The average Bonchev–Trinajstić information content (AvgIpc) is 2.76. The first-order valence-electron chi connectivity index (χ1n) is 6.37. The highest BCUT2D eigenvalue weighted by atomic mass is 16.5. The number of aromatic nitrogens is 3. The largest absolute Gasteiger partial charge is 0.381 e. The Bertz CT molecular complexity index is 608. The summed E-state index contributed by atoms with van der Waals surface area (Å²) in [5, 5.41) is 0. The van der Waals surface area contributed by atoms with Gasteiger partial charge in [-0.05, 0) is 31.7 Å². The zero-order valence-corrected chi connectivity index (χ0v) is 10.5. The summed E-state index contributed by atoms with van der Waals surface area (Å²) in [4.78, 5) is 19.6. The van der Waals surface area contributed by atoms with Crippen LogP contribution >= 0.6 is 0 Å². The van der Waals surface area contributed by atoms with Crippen molar-refractivity contribution in [3.05, 3.63) is 28.4 Å². The second-order valence-corrected chi connectivity index (χ2v) is 4.91. The number of hydrogen-bond acceptors (Lipinski definition) is 3. The molecule has 0 aliphatic carbocycles. The average molecular weight is 247 g/mol. The first-order chi connectivity index (χ1) is 8.74. The number of H-pyrrole nitrogens is 1. The van der Waals surface area contributed by atoms with Gasteiger partial charge in [0.15, 0.2) is 0 Å². The van der Waals surface area contributed by atoms with E-state index in [9.17, 15) is 4.79 Å². The van der Waals surface area contributed by atoms with Gasteiger partial charge in [-0.1, -0.05) is 0 Å². The lowest BCUT2D eigenvalue weighted by molar-refractivity contribution is 0.0610. The maximum absolute atomic E-state index is 12.3. The second kappa shape index (κ2) is 4.57. The number of imidazole rings is 1. The molecule has 3 heterocycles. The summed E-state index contributed by atoms with van der Waals surface area (Å²) >= 11 is 0. The second-order valence-electron chi connectivity index (χ2n) is 4.91. The number of nitrogens with zero attached hydrogens (tertiary/aromatic N) is 2. The monoisotopic (exact) mass is 247 g/mol. The van der Waals surface area contributed by atoms with Crippen LogP contribution in [0, 0.1) is 12.8 Å². The van der Waals surface area contributed by atoms with E-state index in [0.29, 0.717) is 11.4 Å². The van der Waals surface area contributed by atoms with E-state index in [1.54, 1.807) is 4.57 Å². The molecule has 1 aliphatic heterocycles. The highest BCUT2D eigenvalue weighted by Crippen LogP contribution is 2.16. The van der Waals surface area contributed by atoms with Crippen molar-refractivity contribution >= 4 is 11.0 Å². The van der Waals surface area contributed by atoms with Crippen LogP contribution in [-0.4, -0.2) is 27.7 Å². The zero-order valence-electron chi connectivity index (χ0n) is 10.5. The van der Waals surface area contributed by atoms with Gasteiger partial charge in [-0.2, -0.15) is 0 Å². The molecule has 2 aromatic heterocycles. The highest BCUT2D eigenvalue weighted by molar-refractivity contribution is 5.73. The molecule has 1 saturated heterocycles. The minimum absolute atomic E-state index is 0.0274. The molecule has 0 saturated carbocycles. The Kier molecular flexibility index (Phi) is 2.91. The molecule has 0 radical (unpaired) electrons. The number of nitrogens with one attached hydrogen (secondary N) is 1. The Morgan fingerprint density at radius 3 is 3.06 bits per heavy atom. The Morgan fingerprint density at radius 2 is 2.28 bits per heavy atom. The Balaban J connectivity index is 1.91. The van der Waals surface area contributed by atoms with Gasteiger partial charge in [-0.15, -0.1) is 0 Å². The van der Waals surface area contributed by atoms with Gasteiger partial charge in [0.05, 0.1) is 5.52 Å². The summed E-state index contributed by atoms with van der Waals surface area (Å²) in [6, 6.07) is 1.90. The molecule has 1 aliphatic rings. The summed E-state index contributed by atoms with van der Waals surface area (Å²) in [5.74, 6) is 1.32. The topological polar surface area (TPSA) is 59.9 Å². The van der Waals surface area contributed by atoms with Gasteiger partial charge < -0.3 is 14.3 Å². The highest BCUT2D eigenvalue weighted by Gasteiger charge is 2.15. The summed E-state index contributed by atoms with van der Waals surface area (Å²) in [6.45, 7) is 4.26.